The minimum atomic E-state index is -0.915. The van der Waals surface area contributed by atoms with Crippen molar-refractivity contribution in [1.82, 2.24) is 9.97 Å². The Balaban J connectivity index is 1.69. The van der Waals surface area contributed by atoms with E-state index in [0.29, 0.717) is 23.6 Å². The van der Waals surface area contributed by atoms with Gasteiger partial charge in [0.2, 0.25) is 0 Å². The summed E-state index contributed by atoms with van der Waals surface area (Å²) in [6, 6.07) is 19.6. The number of hydrogen-bond donors (Lipinski definition) is 0. The van der Waals surface area contributed by atoms with Gasteiger partial charge in [-0.3, -0.25) is 14.8 Å². The Bertz CT molecular complexity index is 872. The van der Waals surface area contributed by atoms with Crippen molar-refractivity contribution in [2.75, 3.05) is 0 Å². The molecule has 0 saturated carbocycles. The van der Waals surface area contributed by atoms with Crippen molar-refractivity contribution in [2.45, 2.75) is 12.5 Å². The van der Waals surface area contributed by atoms with Gasteiger partial charge in [0.25, 0.3) is 0 Å². The summed E-state index contributed by atoms with van der Waals surface area (Å²) in [6.07, 6.45) is 3.28. The molecule has 0 aliphatic carbocycles. The van der Waals surface area contributed by atoms with Crippen LogP contribution in [-0.4, -0.2) is 15.8 Å². The van der Waals surface area contributed by atoms with E-state index >= 15 is 0 Å². The van der Waals surface area contributed by atoms with Gasteiger partial charge in [-0.25, -0.2) is 0 Å². The summed E-state index contributed by atoms with van der Waals surface area (Å²) >= 11 is 0. The third kappa shape index (κ3) is 4.06. The van der Waals surface area contributed by atoms with Gasteiger partial charge in [-0.05, 0) is 48.5 Å². The molecule has 0 amide bonds. The lowest BCUT2D eigenvalue weighted by molar-refractivity contribution is 0.0977. The largest absolute Gasteiger partial charge is 0.487 e. The van der Waals surface area contributed by atoms with E-state index in [1.54, 1.807) is 54.9 Å². The van der Waals surface area contributed by atoms with Crippen LogP contribution in [0.1, 0.15) is 27.7 Å². The number of aromatic nitrogens is 2. The minimum Gasteiger partial charge on any atom is -0.487 e. The zero-order chi connectivity index (χ0) is 17.5. The molecule has 3 rings (SSSR count). The Morgan fingerprint density at radius 3 is 2.32 bits per heavy atom. The molecule has 0 fully saturated rings. The second-order valence-corrected chi connectivity index (χ2v) is 5.32. The monoisotopic (exact) mass is 329 g/mol. The van der Waals surface area contributed by atoms with Crippen molar-refractivity contribution in [3.8, 4) is 11.8 Å². The summed E-state index contributed by atoms with van der Waals surface area (Å²) in [5.41, 5.74) is 1.72. The molecule has 25 heavy (non-hydrogen) atoms. The summed E-state index contributed by atoms with van der Waals surface area (Å²) in [4.78, 5) is 20.8. The fraction of sp³-hybridized carbons (Fsp3) is 0.100. The first-order valence-corrected chi connectivity index (χ1v) is 7.75. The fourth-order valence-electron chi connectivity index (χ4n) is 2.33. The number of carbonyl (C=O) groups excluding carboxylic acids is 1. The van der Waals surface area contributed by atoms with Gasteiger partial charge in [0.05, 0.1) is 17.5 Å². The van der Waals surface area contributed by atoms with Gasteiger partial charge in [-0.2, -0.15) is 5.26 Å². The molecule has 3 aromatic rings. The second kappa shape index (κ2) is 7.84. The van der Waals surface area contributed by atoms with Crippen LogP contribution in [-0.2, 0) is 6.61 Å². The van der Waals surface area contributed by atoms with Crippen molar-refractivity contribution in [1.29, 1.82) is 5.26 Å². The molecule has 122 valence electrons. The van der Waals surface area contributed by atoms with Crippen LogP contribution in [0.3, 0.4) is 0 Å². The highest BCUT2D eigenvalue weighted by Gasteiger charge is 2.22. The molecular weight excluding hydrogens is 314 g/mol. The number of nitrogens with zero attached hydrogens (tertiary/aromatic N) is 3. The van der Waals surface area contributed by atoms with E-state index in [-0.39, 0.29) is 5.78 Å². The molecule has 5 nitrogen and oxygen atoms in total. The minimum absolute atomic E-state index is 0.280. The van der Waals surface area contributed by atoms with Crippen molar-refractivity contribution in [2.24, 2.45) is 0 Å². The first-order valence-electron chi connectivity index (χ1n) is 7.75. The standard InChI is InChI=1S/C20H15N3O2/c21-13-18(19-6-2-4-12-23-19)20(24)15-7-9-17(10-8-15)25-14-16-5-1-3-11-22-16/h1-12,18H,14H2/t18-/m1/s1. The van der Waals surface area contributed by atoms with Crippen LogP contribution in [0.4, 0.5) is 0 Å². The van der Waals surface area contributed by atoms with Crippen LogP contribution in [0.2, 0.25) is 0 Å². The van der Waals surface area contributed by atoms with E-state index in [9.17, 15) is 10.1 Å². The van der Waals surface area contributed by atoms with Crippen LogP contribution in [0.25, 0.3) is 0 Å². The average Bonchev–Trinajstić information content (AvgIpc) is 2.69. The molecular formula is C20H15N3O2. The van der Waals surface area contributed by atoms with E-state index in [1.807, 2.05) is 24.3 Å². The molecule has 0 spiro atoms. The highest BCUT2D eigenvalue weighted by atomic mass is 16.5. The molecule has 0 aliphatic rings. The smallest absolute Gasteiger partial charge is 0.186 e. The number of nitriles is 1. The van der Waals surface area contributed by atoms with Crippen LogP contribution in [0, 0.1) is 11.3 Å². The van der Waals surface area contributed by atoms with Crippen LogP contribution in [0.15, 0.2) is 73.1 Å². The zero-order valence-corrected chi connectivity index (χ0v) is 13.4. The van der Waals surface area contributed by atoms with Gasteiger partial charge in [0.1, 0.15) is 12.4 Å². The first kappa shape index (κ1) is 16.3. The highest BCUT2D eigenvalue weighted by Crippen LogP contribution is 2.21. The van der Waals surface area contributed by atoms with Gasteiger partial charge >= 0.3 is 0 Å². The number of benzene rings is 1. The maximum atomic E-state index is 12.6. The van der Waals surface area contributed by atoms with Gasteiger partial charge < -0.3 is 4.74 Å². The lowest BCUT2D eigenvalue weighted by atomic mass is 9.95. The van der Waals surface area contributed by atoms with Crippen LogP contribution < -0.4 is 4.74 Å². The molecule has 0 saturated heterocycles. The molecule has 1 aromatic carbocycles. The number of carbonyl (C=O) groups is 1. The lowest BCUT2D eigenvalue weighted by Gasteiger charge is -2.09. The molecule has 0 unspecified atom stereocenters. The van der Waals surface area contributed by atoms with Gasteiger partial charge in [-0.15, -0.1) is 0 Å². The van der Waals surface area contributed by atoms with Gasteiger partial charge in [0.15, 0.2) is 11.7 Å². The number of Topliss-reactive ketones (excluding diaryl/α,β-unsaturated/α-hetero) is 1. The summed E-state index contributed by atoms with van der Waals surface area (Å²) in [7, 11) is 0. The van der Waals surface area contributed by atoms with Gasteiger partial charge in [-0.1, -0.05) is 12.1 Å². The maximum absolute atomic E-state index is 12.6. The van der Waals surface area contributed by atoms with Crippen molar-refractivity contribution in [3.05, 3.63) is 90.0 Å². The van der Waals surface area contributed by atoms with E-state index in [4.69, 9.17) is 4.74 Å². The van der Waals surface area contributed by atoms with Crippen molar-refractivity contribution < 1.29 is 9.53 Å². The first-order chi connectivity index (χ1) is 12.3. The number of ether oxygens (including phenoxy) is 1. The molecule has 2 aromatic heterocycles. The highest BCUT2D eigenvalue weighted by molar-refractivity contribution is 6.02. The predicted octanol–water partition coefficient (Wildman–Crippen LogP) is 3.55. The maximum Gasteiger partial charge on any atom is 0.186 e. The Kier molecular flexibility index (Phi) is 5.13. The van der Waals surface area contributed by atoms with Gasteiger partial charge in [0, 0.05) is 18.0 Å². The third-order valence-electron chi connectivity index (χ3n) is 3.63. The molecule has 5 heteroatoms. The Morgan fingerprint density at radius 1 is 1.00 bits per heavy atom. The van der Waals surface area contributed by atoms with Crippen molar-refractivity contribution >= 4 is 5.78 Å². The van der Waals surface area contributed by atoms with Crippen LogP contribution >= 0.6 is 0 Å². The summed E-state index contributed by atoms with van der Waals surface area (Å²) in [5, 5.41) is 9.33. The lowest BCUT2D eigenvalue weighted by Crippen LogP contribution is -2.12. The Hall–Kier alpha value is -3.52. The Morgan fingerprint density at radius 2 is 1.72 bits per heavy atom. The normalized spacial score (nSPS) is 11.3. The topological polar surface area (TPSA) is 75.9 Å². The fourth-order valence-corrected chi connectivity index (χ4v) is 2.33. The SMILES string of the molecule is N#C[C@@H](C(=O)c1ccc(OCc2ccccn2)cc1)c1ccccn1. The number of ketones is 1. The van der Waals surface area contributed by atoms with E-state index < -0.39 is 5.92 Å². The van der Waals surface area contributed by atoms with E-state index in [2.05, 4.69) is 9.97 Å². The van der Waals surface area contributed by atoms with E-state index in [0.717, 1.165) is 5.69 Å². The van der Waals surface area contributed by atoms with E-state index in [1.165, 1.54) is 0 Å². The average molecular weight is 329 g/mol. The molecule has 2 heterocycles. The zero-order valence-electron chi connectivity index (χ0n) is 13.4. The number of hydrogen-bond acceptors (Lipinski definition) is 5. The summed E-state index contributed by atoms with van der Waals surface area (Å²) in [6.45, 7) is 0.350. The molecule has 1 atom stereocenters. The van der Waals surface area contributed by atoms with Crippen molar-refractivity contribution in [3.63, 3.8) is 0 Å². The predicted molar refractivity (Wildman–Crippen MR) is 91.9 cm³/mol. The number of pyridine rings is 2. The van der Waals surface area contributed by atoms with Crippen LogP contribution in [0.5, 0.6) is 5.75 Å². The molecule has 0 N–H and O–H groups in total. The quantitative estimate of drug-likeness (QED) is 0.646. The molecule has 0 aliphatic heterocycles. The molecule has 0 bridgehead atoms. The summed E-state index contributed by atoms with van der Waals surface area (Å²) < 4.78 is 5.65. The Labute approximate surface area is 145 Å². The summed E-state index contributed by atoms with van der Waals surface area (Å²) in [5.74, 6) is -0.562. The molecule has 0 radical (unpaired) electrons. The third-order valence-corrected chi connectivity index (χ3v) is 3.63. The second-order valence-electron chi connectivity index (χ2n) is 5.32. The number of rotatable bonds is 6.